The minimum Gasteiger partial charge on any atom is -0.396 e. The lowest BCUT2D eigenvalue weighted by Crippen LogP contribution is -2.37. The predicted octanol–water partition coefficient (Wildman–Crippen LogP) is 2.33. The van der Waals surface area contributed by atoms with Crippen LogP contribution in [0.4, 0.5) is 5.69 Å². The van der Waals surface area contributed by atoms with E-state index < -0.39 is 0 Å². The van der Waals surface area contributed by atoms with E-state index in [0.29, 0.717) is 5.92 Å². The average molecular weight is 326 g/mol. The highest BCUT2D eigenvalue weighted by Gasteiger charge is 2.22. The van der Waals surface area contributed by atoms with Crippen molar-refractivity contribution in [1.82, 2.24) is 0 Å². The van der Waals surface area contributed by atoms with Crippen molar-refractivity contribution in [3.8, 4) is 0 Å². The van der Waals surface area contributed by atoms with Gasteiger partial charge in [-0.15, -0.1) is 0 Å². The molecule has 4 N–H and O–H groups in total. The first-order valence-electron chi connectivity index (χ1n) is 6.62. The van der Waals surface area contributed by atoms with E-state index in [4.69, 9.17) is 16.2 Å². The average Bonchev–Trinajstić information content (AvgIpc) is 2.38. The number of nitrogens with two attached hydrogens (primary N) is 1. The molecule has 0 aromatic heterocycles. The van der Waals surface area contributed by atoms with Crippen molar-refractivity contribution in [2.24, 2.45) is 11.7 Å². The zero-order valence-corrected chi connectivity index (χ0v) is 12.5. The number of piperidine rings is 1. The number of benzene rings is 1. The van der Waals surface area contributed by atoms with Crippen LogP contribution in [0.25, 0.3) is 0 Å². The van der Waals surface area contributed by atoms with Gasteiger partial charge < -0.3 is 15.7 Å². The SMILES string of the molecule is N=C(N)c1c(Br)cccc1N1CCCC(CCO)C1. The molecule has 4 nitrogen and oxygen atoms in total. The van der Waals surface area contributed by atoms with Crippen LogP contribution in [0, 0.1) is 11.3 Å². The lowest BCUT2D eigenvalue weighted by Gasteiger charge is -2.35. The second-order valence-corrected chi connectivity index (χ2v) is 5.87. The number of aliphatic hydroxyl groups is 1. The number of aliphatic hydroxyl groups excluding tert-OH is 1. The summed E-state index contributed by atoms with van der Waals surface area (Å²) in [6, 6.07) is 5.90. The number of hydrogen-bond donors (Lipinski definition) is 3. The zero-order valence-electron chi connectivity index (χ0n) is 10.9. The van der Waals surface area contributed by atoms with E-state index in [0.717, 1.165) is 41.7 Å². The van der Waals surface area contributed by atoms with Crippen molar-refractivity contribution in [3.63, 3.8) is 0 Å². The highest BCUT2D eigenvalue weighted by molar-refractivity contribution is 9.10. The summed E-state index contributed by atoms with van der Waals surface area (Å²) >= 11 is 3.47. The Hall–Kier alpha value is -1.07. The molecule has 1 aromatic rings. The summed E-state index contributed by atoms with van der Waals surface area (Å²) in [6.45, 7) is 2.16. The first-order valence-corrected chi connectivity index (χ1v) is 7.41. The van der Waals surface area contributed by atoms with Gasteiger partial charge in [0.05, 0.1) is 5.56 Å². The van der Waals surface area contributed by atoms with Gasteiger partial charge in [0.15, 0.2) is 0 Å². The van der Waals surface area contributed by atoms with Crippen LogP contribution in [-0.4, -0.2) is 30.6 Å². The molecule has 1 aliphatic heterocycles. The molecular weight excluding hydrogens is 306 g/mol. The molecule has 1 saturated heterocycles. The molecule has 1 atom stereocenters. The van der Waals surface area contributed by atoms with Crippen LogP contribution in [0.1, 0.15) is 24.8 Å². The summed E-state index contributed by atoms with van der Waals surface area (Å²) in [7, 11) is 0. The molecule has 1 fully saturated rings. The van der Waals surface area contributed by atoms with Gasteiger partial charge >= 0.3 is 0 Å². The molecule has 2 rings (SSSR count). The molecule has 0 bridgehead atoms. The van der Waals surface area contributed by atoms with E-state index in [1.165, 1.54) is 6.42 Å². The minimum atomic E-state index is 0.0896. The molecule has 0 saturated carbocycles. The normalized spacial score (nSPS) is 19.5. The summed E-state index contributed by atoms with van der Waals surface area (Å²) in [5.41, 5.74) is 7.49. The van der Waals surface area contributed by atoms with Gasteiger partial charge in [0.2, 0.25) is 0 Å². The molecular formula is C14H20BrN3O. The highest BCUT2D eigenvalue weighted by Crippen LogP contribution is 2.31. The number of halogens is 1. The van der Waals surface area contributed by atoms with E-state index >= 15 is 0 Å². The number of nitrogen functional groups attached to an aromatic ring is 1. The Morgan fingerprint density at radius 3 is 3.00 bits per heavy atom. The standard InChI is InChI=1S/C14H20BrN3O/c15-11-4-1-5-12(13(11)14(16)17)18-7-2-3-10(9-18)6-8-19/h1,4-5,10,19H,2-3,6-9H2,(H3,16,17). The van der Waals surface area contributed by atoms with Crippen LogP contribution in [0.5, 0.6) is 0 Å². The Labute approximate surface area is 122 Å². The first kappa shape index (κ1) is 14.3. The highest BCUT2D eigenvalue weighted by atomic mass is 79.9. The van der Waals surface area contributed by atoms with E-state index in [2.05, 4.69) is 20.8 Å². The van der Waals surface area contributed by atoms with Crippen molar-refractivity contribution in [3.05, 3.63) is 28.2 Å². The first-order chi connectivity index (χ1) is 9.13. The summed E-state index contributed by atoms with van der Waals surface area (Å²) in [5.74, 6) is 0.615. The van der Waals surface area contributed by atoms with E-state index in [9.17, 15) is 0 Å². The summed E-state index contributed by atoms with van der Waals surface area (Å²) < 4.78 is 0.863. The van der Waals surface area contributed by atoms with Gasteiger partial charge in [0.25, 0.3) is 0 Å². The van der Waals surface area contributed by atoms with Crippen molar-refractivity contribution >= 4 is 27.5 Å². The Morgan fingerprint density at radius 1 is 1.53 bits per heavy atom. The molecule has 1 unspecified atom stereocenters. The largest absolute Gasteiger partial charge is 0.396 e. The Morgan fingerprint density at radius 2 is 2.32 bits per heavy atom. The minimum absolute atomic E-state index is 0.0896. The number of amidine groups is 1. The number of hydrogen-bond acceptors (Lipinski definition) is 3. The monoisotopic (exact) mass is 325 g/mol. The fourth-order valence-corrected chi connectivity index (χ4v) is 3.31. The van der Waals surface area contributed by atoms with Crippen molar-refractivity contribution in [2.75, 3.05) is 24.6 Å². The number of nitrogens with zero attached hydrogens (tertiary/aromatic N) is 1. The third-order valence-electron chi connectivity index (χ3n) is 3.66. The van der Waals surface area contributed by atoms with Crippen LogP contribution in [0.15, 0.2) is 22.7 Å². The van der Waals surface area contributed by atoms with Crippen molar-refractivity contribution < 1.29 is 5.11 Å². The predicted molar refractivity (Wildman–Crippen MR) is 81.8 cm³/mol. The van der Waals surface area contributed by atoms with Crippen molar-refractivity contribution in [1.29, 1.82) is 5.41 Å². The molecule has 1 heterocycles. The van der Waals surface area contributed by atoms with E-state index in [-0.39, 0.29) is 12.4 Å². The topological polar surface area (TPSA) is 73.3 Å². The van der Waals surface area contributed by atoms with Crippen LogP contribution >= 0.6 is 15.9 Å². The van der Waals surface area contributed by atoms with E-state index in [1.807, 2.05) is 18.2 Å². The van der Waals surface area contributed by atoms with Gasteiger partial charge in [-0.25, -0.2) is 0 Å². The molecule has 0 amide bonds. The molecule has 1 aliphatic rings. The van der Waals surface area contributed by atoms with Gasteiger partial charge in [-0.3, -0.25) is 5.41 Å². The molecule has 0 spiro atoms. The fraction of sp³-hybridized carbons (Fsp3) is 0.500. The molecule has 0 radical (unpaired) electrons. The van der Waals surface area contributed by atoms with Crippen LogP contribution in [-0.2, 0) is 0 Å². The third kappa shape index (κ3) is 3.28. The van der Waals surface area contributed by atoms with Gasteiger partial charge in [-0.1, -0.05) is 6.07 Å². The van der Waals surface area contributed by atoms with Crippen LogP contribution in [0.3, 0.4) is 0 Å². The quantitative estimate of drug-likeness (QED) is 0.587. The van der Waals surface area contributed by atoms with Gasteiger partial charge in [-0.05, 0) is 53.2 Å². The Balaban J connectivity index is 2.26. The molecule has 5 heteroatoms. The van der Waals surface area contributed by atoms with Crippen LogP contribution in [0.2, 0.25) is 0 Å². The second kappa shape index (κ2) is 6.39. The zero-order chi connectivity index (χ0) is 13.8. The molecule has 0 aliphatic carbocycles. The Bertz CT molecular complexity index is 462. The number of rotatable bonds is 4. The Kier molecular flexibility index (Phi) is 4.82. The fourth-order valence-electron chi connectivity index (χ4n) is 2.74. The second-order valence-electron chi connectivity index (χ2n) is 5.01. The summed E-state index contributed by atoms with van der Waals surface area (Å²) in [6.07, 6.45) is 3.13. The maximum atomic E-state index is 9.08. The van der Waals surface area contributed by atoms with Crippen LogP contribution < -0.4 is 10.6 Å². The lowest BCUT2D eigenvalue weighted by atomic mass is 9.94. The van der Waals surface area contributed by atoms with Gasteiger partial charge in [-0.2, -0.15) is 0 Å². The lowest BCUT2D eigenvalue weighted by molar-refractivity contribution is 0.244. The smallest absolute Gasteiger partial charge is 0.126 e. The summed E-state index contributed by atoms with van der Waals surface area (Å²) in [5, 5.41) is 16.8. The maximum Gasteiger partial charge on any atom is 0.126 e. The van der Waals surface area contributed by atoms with E-state index in [1.54, 1.807) is 0 Å². The maximum absolute atomic E-state index is 9.08. The molecule has 19 heavy (non-hydrogen) atoms. The summed E-state index contributed by atoms with van der Waals surface area (Å²) in [4.78, 5) is 2.28. The van der Waals surface area contributed by atoms with Gasteiger partial charge in [0.1, 0.15) is 5.84 Å². The molecule has 1 aromatic carbocycles. The van der Waals surface area contributed by atoms with Gasteiger partial charge in [0, 0.05) is 29.9 Å². The molecule has 104 valence electrons. The third-order valence-corrected chi connectivity index (χ3v) is 4.32. The number of anilines is 1. The van der Waals surface area contributed by atoms with Crippen molar-refractivity contribution in [2.45, 2.75) is 19.3 Å². The number of nitrogens with one attached hydrogen (secondary N) is 1.